The maximum atomic E-state index is 12.9. The number of nitrogens with one attached hydrogen (secondary N) is 1. The number of sulfone groups is 1. The normalized spacial score (nSPS) is 11.7. The summed E-state index contributed by atoms with van der Waals surface area (Å²) in [4.78, 5) is 17.7. The third-order valence-electron chi connectivity index (χ3n) is 5.08. The average molecular weight is 455 g/mol. The monoisotopic (exact) mass is 454 g/mol. The molecule has 0 saturated heterocycles. The highest BCUT2D eigenvalue weighted by molar-refractivity contribution is 7.91. The Kier molecular flexibility index (Phi) is 5.40. The van der Waals surface area contributed by atoms with Crippen LogP contribution in [0, 0.1) is 20.8 Å². The van der Waals surface area contributed by atoms with E-state index in [1.54, 1.807) is 29.8 Å². The van der Waals surface area contributed by atoms with Crippen LogP contribution in [0.25, 0.3) is 15.3 Å². The number of fused-ring (bicyclic) bond motifs is 1. The fourth-order valence-corrected chi connectivity index (χ4v) is 5.12. The number of thiazole rings is 1. The van der Waals surface area contributed by atoms with Crippen molar-refractivity contribution >= 4 is 43.1 Å². The van der Waals surface area contributed by atoms with Crippen LogP contribution >= 0.6 is 11.3 Å². The summed E-state index contributed by atoms with van der Waals surface area (Å²) in [6.45, 7) is 7.52. The molecule has 2 aromatic carbocycles. The fourth-order valence-electron chi connectivity index (χ4n) is 3.18. The predicted molar refractivity (Wildman–Crippen MR) is 123 cm³/mol. The van der Waals surface area contributed by atoms with E-state index in [4.69, 9.17) is 0 Å². The summed E-state index contributed by atoms with van der Waals surface area (Å²) in [6.07, 6.45) is 0. The highest BCUT2D eigenvalue weighted by Crippen LogP contribution is 2.29. The first kappa shape index (κ1) is 21.2. The molecule has 160 valence electrons. The smallest absolute Gasteiger partial charge is 0.256 e. The van der Waals surface area contributed by atoms with Crippen molar-refractivity contribution < 1.29 is 13.2 Å². The molecule has 1 N–H and O–H groups in total. The lowest BCUT2D eigenvalue weighted by Gasteiger charge is -2.08. The van der Waals surface area contributed by atoms with Crippen molar-refractivity contribution in [2.75, 3.05) is 11.1 Å². The Hall–Kier alpha value is -3.04. The van der Waals surface area contributed by atoms with Gasteiger partial charge in [0.25, 0.3) is 5.91 Å². The van der Waals surface area contributed by atoms with Gasteiger partial charge in [-0.05, 0) is 62.2 Å². The summed E-state index contributed by atoms with van der Waals surface area (Å²) in [5.74, 6) is 0.0292. The number of aryl methyl sites for hydroxylation is 3. The van der Waals surface area contributed by atoms with E-state index < -0.39 is 15.7 Å². The number of carbonyl (C=O) groups is 1. The average Bonchev–Trinajstić information content (AvgIpc) is 3.31. The summed E-state index contributed by atoms with van der Waals surface area (Å²) in [6, 6.07) is 11.9. The van der Waals surface area contributed by atoms with E-state index in [2.05, 4.69) is 28.4 Å². The van der Waals surface area contributed by atoms with Gasteiger partial charge in [-0.25, -0.2) is 13.4 Å². The Bertz CT molecular complexity index is 1380. The maximum Gasteiger partial charge on any atom is 0.256 e. The summed E-state index contributed by atoms with van der Waals surface area (Å²) < 4.78 is 27.0. The molecule has 4 aromatic rings. The van der Waals surface area contributed by atoms with Gasteiger partial charge < -0.3 is 5.32 Å². The van der Waals surface area contributed by atoms with Gasteiger partial charge in [0, 0.05) is 11.6 Å². The molecule has 0 radical (unpaired) electrons. The van der Waals surface area contributed by atoms with Crippen LogP contribution in [0.15, 0.2) is 47.4 Å². The summed E-state index contributed by atoms with van der Waals surface area (Å²) in [5.41, 5.74) is 4.22. The molecule has 0 bridgehead atoms. The van der Waals surface area contributed by atoms with Crippen molar-refractivity contribution in [1.29, 1.82) is 0 Å². The van der Waals surface area contributed by atoms with E-state index >= 15 is 0 Å². The van der Waals surface area contributed by atoms with Crippen LogP contribution in [0.2, 0.25) is 0 Å². The molecule has 9 heteroatoms. The van der Waals surface area contributed by atoms with Gasteiger partial charge in [0.05, 0.1) is 26.6 Å². The number of benzene rings is 2. The molecule has 0 unspecified atom stereocenters. The van der Waals surface area contributed by atoms with Gasteiger partial charge in [-0.15, -0.1) is 0 Å². The van der Waals surface area contributed by atoms with E-state index in [-0.39, 0.29) is 16.2 Å². The highest BCUT2D eigenvalue weighted by Gasteiger charge is 2.18. The van der Waals surface area contributed by atoms with Crippen LogP contribution in [-0.4, -0.2) is 34.8 Å². The number of amides is 1. The zero-order valence-electron chi connectivity index (χ0n) is 17.6. The van der Waals surface area contributed by atoms with E-state index in [1.807, 2.05) is 19.9 Å². The fraction of sp³-hybridized carbons (Fsp3) is 0.227. The van der Waals surface area contributed by atoms with Crippen molar-refractivity contribution in [1.82, 2.24) is 14.8 Å². The molecule has 7 nitrogen and oxygen atoms in total. The standard InChI is InChI=1S/C22H22N4O3S2/c1-5-31(28,29)17-8-6-7-16(12-17)21(27)24-20-11-15(4)25-26(20)22-23-18-9-13(2)14(3)10-19(18)30-22/h6-12H,5H2,1-4H3,(H,24,27). The van der Waals surface area contributed by atoms with Gasteiger partial charge >= 0.3 is 0 Å². The summed E-state index contributed by atoms with van der Waals surface area (Å²) in [5, 5.41) is 7.98. The first-order chi connectivity index (χ1) is 14.7. The van der Waals surface area contributed by atoms with Gasteiger partial charge in [0.2, 0.25) is 5.13 Å². The van der Waals surface area contributed by atoms with E-state index in [9.17, 15) is 13.2 Å². The molecule has 0 aliphatic heterocycles. The predicted octanol–water partition coefficient (Wildman–Crippen LogP) is 4.45. The molecule has 1 amide bonds. The number of carbonyl (C=O) groups excluding carboxylic acids is 1. The number of nitrogens with zero attached hydrogens (tertiary/aromatic N) is 3. The SMILES string of the molecule is CCS(=O)(=O)c1cccc(C(=O)Nc2cc(C)nn2-c2nc3cc(C)c(C)cc3s2)c1. The lowest BCUT2D eigenvalue weighted by molar-refractivity contribution is 0.102. The van der Waals surface area contributed by atoms with Crippen LogP contribution in [0.4, 0.5) is 5.82 Å². The van der Waals surface area contributed by atoms with Crippen molar-refractivity contribution in [2.24, 2.45) is 0 Å². The molecule has 0 atom stereocenters. The van der Waals surface area contributed by atoms with Gasteiger partial charge in [0.1, 0.15) is 5.82 Å². The first-order valence-corrected chi connectivity index (χ1v) is 12.2. The molecule has 0 fully saturated rings. The number of anilines is 1. The van der Waals surface area contributed by atoms with Crippen LogP contribution in [-0.2, 0) is 9.84 Å². The lowest BCUT2D eigenvalue weighted by atomic mass is 10.1. The van der Waals surface area contributed by atoms with Gasteiger partial charge in [-0.1, -0.05) is 24.3 Å². The quantitative estimate of drug-likeness (QED) is 0.481. The molecule has 0 saturated carbocycles. The Labute approximate surface area is 184 Å². The third kappa shape index (κ3) is 4.11. The summed E-state index contributed by atoms with van der Waals surface area (Å²) in [7, 11) is -3.40. The second-order valence-corrected chi connectivity index (χ2v) is 10.7. The zero-order chi connectivity index (χ0) is 22.3. The molecule has 2 aromatic heterocycles. The topological polar surface area (TPSA) is 94.0 Å². The maximum absolute atomic E-state index is 12.9. The minimum Gasteiger partial charge on any atom is -0.306 e. The van der Waals surface area contributed by atoms with E-state index in [1.165, 1.54) is 29.0 Å². The molecule has 0 aliphatic rings. The second-order valence-electron chi connectivity index (χ2n) is 7.37. The van der Waals surface area contributed by atoms with Crippen LogP contribution in [0.3, 0.4) is 0 Å². The van der Waals surface area contributed by atoms with Crippen LogP contribution in [0.5, 0.6) is 0 Å². The highest BCUT2D eigenvalue weighted by atomic mass is 32.2. The molecular formula is C22H22N4O3S2. The first-order valence-electron chi connectivity index (χ1n) is 9.77. The Morgan fingerprint density at radius 3 is 2.58 bits per heavy atom. The van der Waals surface area contributed by atoms with Gasteiger partial charge in [-0.3, -0.25) is 4.79 Å². The number of rotatable bonds is 5. The zero-order valence-corrected chi connectivity index (χ0v) is 19.3. The van der Waals surface area contributed by atoms with Gasteiger partial charge in [0.15, 0.2) is 9.84 Å². The Morgan fingerprint density at radius 2 is 1.84 bits per heavy atom. The van der Waals surface area contributed by atoms with Crippen molar-refractivity contribution in [3.63, 3.8) is 0 Å². The van der Waals surface area contributed by atoms with Crippen molar-refractivity contribution in [3.05, 3.63) is 64.8 Å². The Balaban J connectivity index is 1.69. The van der Waals surface area contributed by atoms with Crippen LogP contribution in [0.1, 0.15) is 34.1 Å². The van der Waals surface area contributed by atoms with Crippen molar-refractivity contribution in [2.45, 2.75) is 32.6 Å². The van der Waals surface area contributed by atoms with Crippen molar-refractivity contribution in [3.8, 4) is 5.13 Å². The number of aromatic nitrogens is 3. The lowest BCUT2D eigenvalue weighted by Crippen LogP contribution is -2.16. The number of hydrogen-bond donors (Lipinski definition) is 1. The Morgan fingerprint density at radius 1 is 1.10 bits per heavy atom. The minimum atomic E-state index is -3.40. The second kappa shape index (κ2) is 7.90. The van der Waals surface area contributed by atoms with Crippen LogP contribution < -0.4 is 5.32 Å². The van der Waals surface area contributed by atoms with E-state index in [0.29, 0.717) is 10.9 Å². The van der Waals surface area contributed by atoms with E-state index in [0.717, 1.165) is 21.5 Å². The molecule has 0 aliphatic carbocycles. The third-order valence-corrected chi connectivity index (χ3v) is 7.81. The molecule has 4 rings (SSSR count). The molecule has 0 spiro atoms. The molecule has 31 heavy (non-hydrogen) atoms. The minimum absolute atomic E-state index is 0.0272. The largest absolute Gasteiger partial charge is 0.306 e. The summed E-state index contributed by atoms with van der Waals surface area (Å²) >= 11 is 1.49. The number of hydrogen-bond acceptors (Lipinski definition) is 6. The molecular weight excluding hydrogens is 432 g/mol. The van der Waals surface area contributed by atoms with Gasteiger partial charge in [-0.2, -0.15) is 9.78 Å². The molecule has 2 heterocycles.